The minimum atomic E-state index is -1.18. The number of carbonyl (C=O) groups is 3. The monoisotopic (exact) mass is 396 g/mol. The summed E-state index contributed by atoms with van der Waals surface area (Å²) in [6.45, 7) is 5.69. The molecule has 152 valence electrons. The van der Waals surface area contributed by atoms with E-state index < -0.39 is 17.5 Å². The van der Waals surface area contributed by atoms with Crippen molar-refractivity contribution in [2.75, 3.05) is 13.1 Å². The van der Waals surface area contributed by atoms with Crippen LogP contribution in [-0.4, -0.2) is 45.9 Å². The Morgan fingerprint density at radius 1 is 1.28 bits per heavy atom. The smallest absolute Gasteiger partial charge is 0.325 e. The SMILES string of the molecule is Cc1ccc(C2(C)NC(=O)N(CC(=O)N3CCCC3c3cc(C)on3)C2=O)cc1. The largest absolute Gasteiger partial charge is 0.361 e. The van der Waals surface area contributed by atoms with Crippen molar-refractivity contribution in [3.8, 4) is 0 Å². The molecule has 3 heterocycles. The molecule has 2 unspecified atom stereocenters. The Morgan fingerprint density at radius 2 is 2.00 bits per heavy atom. The molecule has 8 heteroatoms. The molecule has 2 aliphatic heterocycles. The van der Waals surface area contributed by atoms with Crippen LogP contribution >= 0.6 is 0 Å². The third-order valence-electron chi connectivity index (χ3n) is 5.76. The Kier molecular flexibility index (Phi) is 4.64. The second kappa shape index (κ2) is 7.02. The van der Waals surface area contributed by atoms with Gasteiger partial charge in [-0.05, 0) is 39.2 Å². The van der Waals surface area contributed by atoms with Crippen LogP contribution in [0.3, 0.4) is 0 Å². The fourth-order valence-electron chi connectivity index (χ4n) is 4.06. The third-order valence-corrected chi connectivity index (χ3v) is 5.76. The highest BCUT2D eigenvalue weighted by molar-refractivity contribution is 6.09. The number of aromatic nitrogens is 1. The van der Waals surface area contributed by atoms with E-state index in [9.17, 15) is 14.4 Å². The van der Waals surface area contributed by atoms with E-state index in [4.69, 9.17) is 4.52 Å². The minimum absolute atomic E-state index is 0.191. The van der Waals surface area contributed by atoms with E-state index in [-0.39, 0.29) is 18.5 Å². The van der Waals surface area contributed by atoms with Gasteiger partial charge in [0.1, 0.15) is 23.5 Å². The molecule has 8 nitrogen and oxygen atoms in total. The number of benzene rings is 1. The van der Waals surface area contributed by atoms with Gasteiger partial charge in [-0.15, -0.1) is 0 Å². The Hall–Kier alpha value is -3.16. The topological polar surface area (TPSA) is 95.8 Å². The number of aryl methyl sites for hydroxylation is 2. The van der Waals surface area contributed by atoms with Crippen molar-refractivity contribution in [3.63, 3.8) is 0 Å². The Morgan fingerprint density at radius 3 is 2.66 bits per heavy atom. The van der Waals surface area contributed by atoms with Gasteiger partial charge in [0.05, 0.1) is 6.04 Å². The zero-order chi connectivity index (χ0) is 20.8. The highest BCUT2D eigenvalue weighted by Crippen LogP contribution is 2.33. The van der Waals surface area contributed by atoms with Crippen LogP contribution < -0.4 is 5.32 Å². The van der Waals surface area contributed by atoms with Crippen LogP contribution in [-0.2, 0) is 15.1 Å². The molecule has 1 N–H and O–H groups in total. The predicted octanol–water partition coefficient (Wildman–Crippen LogP) is 2.42. The van der Waals surface area contributed by atoms with Crippen molar-refractivity contribution in [1.29, 1.82) is 0 Å². The normalized spacial score (nSPS) is 24.3. The Balaban J connectivity index is 1.51. The van der Waals surface area contributed by atoms with Crippen molar-refractivity contribution in [2.45, 2.75) is 45.2 Å². The molecule has 2 saturated heterocycles. The highest BCUT2D eigenvalue weighted by atomic mass is 16.5. The van der Waals surface area contributed by atoms with E-state index in [1.54, 1.807) is 18.7 Å². The first-order chi connectivity index (χ1) is 13.8. The van der Waals surface area contributed by atoms with Crippen LogP contribution in [0, 0.1) is 13.8 Å². The van der Waals surface area contributed by atoms with Gasteiger partial charge in [0.2, 0.25) is 5.91 Å². The summed E-state index contributed by atoms with van der Waals surface area (Å²) >= 11 is 0. The second-order valence-corrected chi connectivity index (χ2v) is 7.92. The molecule has 2 aromatic rings. The molecule has 1 aromatic heterocycles. The summed E-state index contributed by atoms with van der Waals surface area (Å²) in [5, 5.41) is 6.78. The number of hydrogen-bond acceptors (Lipinski definition) is 5. The summed E-state index contributed by atoms with van der Waals surface area (Å²) in [6, 6.07) is 8.50. The first kappa shape index (κ1) is 19.2. The lowest BCUT2D eigenvalue weighted by Gasteiger charge is -2.25. The number of urea groups is 1. The van der Waals surface area contributed by atoms with Gasteiger partial charge in [-0.2, -0.15) is 0 Å². The predicted molar refractivity (Wildman–Crippen MR) is 104 cm³/mol. The number of hydrogen-bond donors (Lipinski definition) is 1. The number of nitrogens with zero attached hydrogens (tertiary/aromatic N) is 3. The summed E-state index contributed by atoms with van der Waals surface area (Å²) in [5.41, 5.74) is 1.27. The first-order valence-corrected chi connectivity index (χ1v) is 9.73. The van der Waals surface area contributed by atoms with E-state index in [2.05, 4.69) is 10.5 Å². The van der Waals surface area contributed by atoms with Crippen molar-refractivity contribution in [1.82, 2.24) is 20.3 Å². The molecule has 0 radical (unpaired) electrons. The average Bonchev–Trinajstić information content (AvgIpc) is 3.38. The van der Waals surface area contributed by atoms with E-state index in [0.29, 0.717) is 23.6 Å². The average molecular weight is 396 g/mol. The van der Waals surface area contributed by atoms with Gasteiger partial charge in [0, 0.05) is 12.6 Å². The molecular formula is C21H24N4O4. The van der Waals surface area contributed by atoms with Crippen LogP contribution in [0.1, 0.15) is 48.4 Å². The zero-order valence-corrected chi connectivity index (χ0v) is 16.8. The molecule has 29 heavy (non-hydrogen) atoms. The molecule has 4 amide bonds. The van der Waals surface area contributed by atoms with E-state index >= 15 is 0 Å². The molecule has 0 spiro atoms. The Bertz CT molecular complexity index is 967. The van der Waals surface area contributed by atoms with Crippen LogP contribution in [0.5, 0.6) is 0 Å². The highest BCUT2D eigenvalue weighted by Gasteiger charge is 2.50. The number of rotatable bonds is 4. The van der Waals surface area contributed by atoms with Crippen LogP contribution in [0.15, 0.2) is 34.9 Å². The number of nitrogens with one attached hydrogen (secondary N) is 1. The van der Waals surface area contributed by atoms with Gasteiger partial charge in [-0.3, -0.25) is 14.5 Å². The molecule has 0 saturated carbocycles. The van der Waals surface area contributed by atoms with E-state index in [1.165, 1.54) is 0 Å². The van der Waals surface area contributed by atoms with Gasteiger partial charge in [0.15, 0.2) is 0 Å². The standard InChI is InChI=1S/C21H24N4O4/c1-13-6-8-15(9-7-13)21(3)19(27)25(20(28)22-21)12-18(26)24-10-4-5-17(24)16-11-14(2)29-23-16/h6-9,11,17H,4-5,10,12H2,1-3H3,(H,22,28). The van der Waals surface area contributed by atoms with Gasteiger partial charge >= 0.3 is 6.03 Å². The summed E-state index contributed by atoms with van der Waals surface area (Å²) in [4.78, 5) is 41.3. The molecular weight excluding hydrogens is 372 g/mol. The summed E-state index contributed by atoms with van der Waals surface area (Å²) < 4.78 is 5.14. The number of imide groups is 1. The number of carbonyl (C=O) groups excluding carboxylic acids is 3. The fraction of sp³-hybridized carbons (Fsp3) is 0.429. The molecule has 2 aliphatic rings. The van der Waals surface area contributed by atoms with Crippen LogP contribution in [0.2, 0.25) is 0 Å². The maximum Gasteiger partial charge on any atom is 0.325 e. The maximum absolute atomic E-state index is 13.1. The number of likely N-dealkylation sites (tertiary alicyclic amines) is 1. The van der Waals surface area contributed by atoms with Crippen LogP contribution in [0.4, 0.5) is 4.79 Å². The van der Waals surface area contributed by atoms with Gasteiger partial charge < -0.3 is 14.7 Å². The molecule has 4 rings (SSSR count). The van der Waals surface area contributed by atoms with Crippen molar-refractivity contribution in [2.24, 2.45) is 0 Å². The van der Waals surface area contributed by atoms with Crippen molar-refractivity contribution in [3.05, 3.63) is 52.9 Å². The summed E-state index contributed by atoms with van der Waals surface area (Å²) in [6.07, 6.45) is 1.61. The van der Waals surface area contributed by atoms with Gasteiger partial charge in [-0.25, -0.2) is 4.79 Å². The summed E-state index contributed by atoms with van der Waals surface area (Å²) in [5.74, 6) is -0.0141. The summed E-state index contributed by atoms with van der Waals surface area (Å²) in [7, 11) is 0. The quantitative estimate of drug-likeness (QED) is 0.801. The molecule has 2 atom stereocenters. The van der Waals surface area contributed by atoms with Crippen LogP contribution in [0.25, 0.3) is 0 Å². The molecule has 0 bridgehead atoms. The van der Waals surface area contributed by atoms with Crippen molar-refractivity contribution < 1.29 is 18.9 Å². The number of amides is 4. The zero-order valence-electron chi connectivity index (χ0n) is 16.8. The lowest BCUT2D eigenvalue weighted by molar-refractivity contribution is -0.139. The lowest BCUT2D eigenvalue weighted by atomic mass is 9.91. The maximum atomic E-state index is 13.1. The third kappa shape index (κ3) is 3.28. The molecule has 1 aromatic carbocycles. The van der Waals surface area contributed by atoms with Gasteiger partial charge in [-0.1, -0.05) is 35.0 Å². The van der Waals surface area contributed by atoms with Crippen molar-refractivity contribution >= 4 is 17.8 Å². The first-order valence-electron chi connectivity index (χ1n) is 9.73. The molecule has 2 fully saturated rings. The Labute approximate surface area is 168 Å². The van der Waals surface area contributed by atoms with E-state index in [1.807, 2.05) is 37.3 Å². The molecule has 0 aliphatic carbocycles. The fourth-order valence-corrected chi connectivity index (χ4v) is 4.06. The van der Waals surface area contributed by atoms with E-state index in [0.717, 1.165) is 23.3 Å². The second-order valence-electron chi connectivity index (χ2n) is 7.92. The lowest BCUT2D eigenvalue weighted by Crippen LogP contribution is -2.44. The minimum Gasteiger partial charge on any atom is -0.361 e. The van der Waals surface area contributed by atoms with Gasteiger partial charge in [0.25, 0.3) is 5.91 Å².